The highest BCUT2D eigenvalue weighted by Crippen LogP contribution is 2.34. The zero-order valence-electron chi connectivity index (χ0n) is 11.8. The van der Waals surface area contributed by atoms with Crippen molar-refractivity contribution in [1.29, 1.82) is 0 Å². The first-order valence-corrected chi connectivity index (χ1v) is 6.68. The monoisotopic (exact) mass is 302 g/mol. The molecule has 0 spiro atoms. The number of anilines is 1. The molecule has 0 saturated heterocycles. The van der Waals surface area contributed by atoms with Crippen molar-refractivity contribution >= 4 is 17.5 Å². The summed E-state index contributed by atoms with van der Waals surface area (Å²) in [6.07, 6.45) is 1.40. The summed E-state index contributed by atoms with van der Waals surface area (Å²) in [6.45, 7) is 1.76. The highest BCUT2D eigenvalue weighted by Gasteiger charge is 2.19. The van der Waals surface area contributed by atoms with Gasteiger partial charge in [0.15, 0.2) is 17.3 Å². The first-order chi connectivity index (χ1) is 10.6. The largest absolute Gasteiger partial charge is 0.459 e. The summed E-state index contributed by atoms with van der Waals surface area (Å²) < 4.78 is 15.4. The van der Waals surface area contributed by atoms with E-state index in [-0.39, 0.29) is 18.5 Å². The molecular formula is C15H14N2O5. The number of amides is 2. The van der Waals surface area contributed by atoms with E-state index >= 15 is 0 Å². The van der Waals surface area contributed by atoms with Gasteiger partial charge in [-0.3, -0.25) is 9.59 Å². The van der Waals surface area contributed by atoms with Crippen molar-refractivity contribution in [2.75, 3.05) is 12.1 Å². The lowest BCUT2D eigenvalue weighted by atomic mass is 10.2. The molecule has 114 valence electrons. The minimum Gasteiger partial charge on any atom is -0.459 e. The van der Waals surface area contributed by atoms with Gasteiger partial charge < -0.3 is 24.5 Å². The van der Waals surface area contributed by atoms with Crippen molar-refractivity contribution in [3.05, 3.63) is 42.4 Å². The Kier molecular flexibility index (Phi) is 3.69. The van der Waals surface area contributed by atoms with Gasteiger partial charge in [0.1, 0.15) is 6.04 Å². The molecule has 0 fully saturated rings. The lowest BCUT2D eigenvalue weighted by Crippen LogP contribution is -2.41. The fourth-order valence-electron chi connectivity index (χ4n) is 1.97. The first kappa shape index (κ1) is 14.0. The molecule has 3 rings (SSSR count). The van der Waals surface area contributed by atoms with Gasteiger partial charge >= 0.3 is 0 Å². The standard InChI is InChI=1S/C15H14N2O5/c1-9(16-15(19)12-3-2-6-20-12)14(18)17-10-4-5-11-13(7-10)22-8-21-11/h2-7,9H,8H2,1H3,(H,16,19)(H,17,18)/t9-/m0/s1. The van der Waals surface area contributed by atoms with E-state index in [1.54, 1.807) is 31.2 Å². The number of nitrogens with one attached hydrogen (secondary N) is 2. The van der Waals surface area contributed by atoms with Crippen molar-refractivity contribution in [2.45, 2.75) is 13.0 Å². The van der Waals surface area contributed by atoms with Crippen LogP contribution in [0.15, 0.2) is 41.0 Å². The molecule has 2 amide bonds. The molecule has 1 atom stereocenters. The summed E-state index contributed by atoms with van der Waals surface area (Å²) >= 11 is 0. The van der Waals surface area contributed by atoms with E-state index in [1.807, 2.05) is 0 Å². The van der Waals surface area contributed by atoms with E-state index in [2.05, 4.69) is 10.6 Å². The van der Waals surface area contributed by atoms with Crippen molar-refractivity contribution in [3.63, 3.8) is 0 Å². The van der Waals surface area contributed by atoms with Gasteiger partial charge in [0.05, 0.1) is 6.26 Å². The predicted molar refractivity (Wildman–Crippen MR) is 76.8 cm³/mol. The Bertz CT molecular complexity index is 696. The van der Waals surface area contributed by atoms with E-state index in [9.17, 15) is 9.59 Å². The van der Waals surface area contributed by atoms with Gasteiger partial charge in [0, 0.05) is 11.8 Å². The lowest BCUT2D eigenvalue weighted by Gasteiger charge is -2.13. The summed E-state index contributed by atoms with van der Waals surface area (Å²) in [6, 6.07) is 7.49. The molecule has 0 bridgehead atoms. The zero-order chi connectivity index (χ0) is 15.5. The van der Waals surface area contributed by atoms with Crippen LogP contribution >= 0.6 is 0 Å². The van der Waals surface area contributed by atoms with Gasteiger partial charge in [-0.05, 0) is 31.2 Å². The van der Waals surface area contributed by atoms with Crippen LogP contribution in [-0.2, 0) is 4.79 Å². The molecule has 2 N–H and O–H groups in total. The quantitative estimate of drug-likeness (QED) is 0.898. The van der Waals surface area contributed by atoms with Gasteiger partial charge in [-0.25, -0.2) is 0 Å². The molecule has 7 nitrogen and oxygen atoms in total. The number of benzene rings is 1. The van der Waals surface area contributed by atoms with Crippen molar-refractivity contribution in [1.82, 2.24) is 5.32 Å². The maximum atomic E-state index is 12.1. The van der Waals surface area contributed by atoms with Crippen LogP contribution in [0.2, 0.25) is 0 Å². The molecule has 1 aromatic carbocycles. The number of hydrogen-bond acceptors (Lipinski definition) is 5. The van der Waals surface area contributed by atoms with Crippen LogP contribution in [0.4, 0.5) is 5.69 Å². The molecule has 22 heavy (non-hydrogen) atoms. The topological polar surface area (TPSA) is 89.8 Å². The second-order valence-electron chi connectivity index (χ2n) is 4.73. The molecule has 2 aromatic rings. The van der Waals surface area contributed by atoms with Crippen LogP contribution in [0.1, 0.15) is 17.5 Å². The Morgan fingerprint density at radius 2 is 2.00 bits per heavy atom. The summed E-state index contributed by atoms with van der Waals surface area (Å²) in [7, 11) is 0. The Morgan fingerprint density at radius 3 is 2.77 bits per heavy atom. The average Bonchev–Trinajstić information content (AvgIpc) is 3.18. The molecule has 1 aliphatic heterocycles. The molecule has 0 aliphatic carbocycles. The van der Waals surface area contributed by atoms with Gasteiger partial charge in [0.2, 0.25) is 12.7 Å². The van der Waals surface area contributed by atoms with E-state index in [0.29, 0.717) is 17.2 Å². The first-order valence-electron chi connectivity index (χ1n) is 6.68. The Balaban J connectivity index is 1.60. The summed E-state index contributed by atoms with van der Waals surface area (Å²) in [5, 5.41) is 5.26. The summed E-state index contributed by atoms with van der Waals surface area (Å²) in [4.78, 5) is 23.9. The Labute approximate surface area is 126 Å². The third-order valence-electron chi connectivity index (χ3n) is 3.13. The second kappa shape index (κ2) is 5.80. The number of furan rings is 1. The SMILES string of the molecule is C[C@H](NC(=O)c1ccco1)C(=O)Nc1ccc2c(c1)OCO2. The van der Waals surface area contributed by atoms with Crippen LogP contribution in [0.3, 0.4) is 0 Å². The number of hydrogen-bond donors (Lipinski definition) is 2. The maximum absolute atomic E-state index is 12.1. The van der Waals surface area contributed by atoms with Crippen LogP contribution < -0.4 is 20.1 Å². The molecule has 1 aromatic heterocycles. The van der Waals surface area contributed by atoms with Gasteiger partial charge in [-0.1, -0.05) is 0 Å². The minimum absolute atomic E-state index is 0.155. The maximum Gasteiger partial charge on any atom is 0.287 e. The normalized spacial score (nSPS) is 13.5. The molecule has 7 heteroatoms. The van der Waals surface area contributed by atoms with Crippen LogP contribution in [0.25, 0.3) is 0 Å². The van der Waals surface area contributed by atoms with Crippen LogP contribution in [-0.4, -0.2) is 24.6 Å². The third kappa shape index (κ3) is 2.88. The van der Waals surface area contributed by atoms with Gasteiger partial charge in [-0.15, -0.1) is 0 Å². The molecule has 2 heterocycles. The highest BCUT2D eigenvalue weighted by molar-refractivity contribution is 6.00. The van der Waals surface area contributed by atoms with Crippen LogP contribution in [0.5, 0.6) is 11.5 Å². The number of rotatable bonds is 4. The molecule has 0 saturated carbocycles. The van der Waals surface area contributed by atoms with Crippen LogP contribution in [0, 0.1) is 0 Å². The van der Waals surface area contributed by atoms with Crippen molar-refractivity contribution in [3.8, 4) is 11.5 Å². The zero-order valence-corrected chi connectivity index (χ0v) is 11.8. The van der Waals surface area contributed by atoms with Crippen molar-refractivity contribution in [2.24, 2.45) is 0 Å². The van der Waals surface area contributed by atoms with Gasteiger partial charge in [0.25, 0.3) is 5.91 Å². The predicted octanol–water partition coefficient (Wildman–Crippen LogP) is 1.77. The fourth-order valence-corrected chi connectivity index (χ4v) is 1.97. The number of fused-ring (bicyclic) bond motifs is 1. The van der Waals surface area contributed by atoms with Gasteiger partial charge in [-0.2, -0.15) is 0 Å². The lowest BCUT2D eigenvalue weighted by molar-refractivity contribution is -0.117. The third-order valence-corrected chi connectivity index (χ3v) is 3.13. The van der Waals surface area contributed by atoms with E-state index < -0.39 is 11.9 Å². The number of carbonyl (C=O) groups is 2. The second-order valence-corrected chi connectivity index (χ2v) is 4.73. The highest BCUT2D eigenvalue weighted by atomic mass is 16.7. The van der Waals surface area contributed by atoms with E-state index in [0.717, 1.165) is 0 Å². The van der Waals surface area contributed by atoms with E-state index in [4.69, 9.17) is 13.9 Å². The molecule has 0 unspecified atom stereocenters. The fraction of sp³-hybridized carbons (Fsp3) is 0.200. The molecule has 1 aliphatic rings. The number of ether oxygens (including phenoxy) is 2. The number of carbonyl (C=O) groups excluding carboxylic acids is 2. The Hall–Kier alpha value is -2.96. The Morgan fingerprint density at radius 1 is 1.18 bits per heavy atom. The molecule has 0 radical (unpaired) electrons. The van der Waals surface area contributed by atoms with Crippen molar-refractivity contribution < 1.29 is 23.5 Å². The van der Waals surface area contributed by atoms with E-state index in [1.165, 1.54) is 12.3 Å². The minimum atomic E-state index is -0.719. The summed E-state index contributed by atoms with van der Waals surface area (Å²) in [5.74, 6) is 0.571. The average molecular weight is 302 g/mol. The molecular weight excluding hydrogens is 288 g/mol. The smallest absolute Gasteiger partial charge is 0.287 e. The summed E-state index contributed by atoms with van der Waals surface area (Å²) in [5.41, 5.74) is 0.563.